The van der Waals surface area contributed by atoms with Gasteiger partial charge < -0.3 is 4.74 Å². The fourth-order valence-corrected chi connectivity index (χ4v) is 4.77. The van der Waals surface area contributed by atoms with E-state index in [1.807, 2.05) is 24.3 Å². The number of benzene rings is 2. The van der Waals surface area contributed by atoms with Gasteiger partial charge in [-0.1, -0.05) is 12.1 Å². The fraction of sp³-hybridized carbons (Fsp3) is 0.150. The van der Waals surface area contributed by atoms with Crippen molar-refractivity contribution in [2.75, 3.05) is 18.0 Å². The molecule has 2 heterocycles. The molecule has 4 rings (SSSR count). The van der Waals surface area contributed by atoms with Crippen LogP contribution in [0.1, 0.15) is 5.56 Å². The molecular formula is C20H18N2O3S. The molecule has 0 atom stereocenters. The van der Waals surface area contributed by atoms with E-state index in [1.165, 1.54) is 11.4 Å². The summed E-state index contributed by atoms with van der Waals surface area (Å²) in [5.41, 5.74) is 3.90. The standard InChI is InChI=1S/C20H18N2O3S/c1-25-18-3-2-4-19(14-18)26(23,24)22-12-9-17-13-16(5-6-20(17)22)15-7-10-21-11-8-15/h2-8,10-11,13-14H,9,12H2,1H3. The molecule has 0 radical (unpaired) electrons. The predicted molar refractivity (Wildman–Crippen MR) is 101 cm³/mol. The van der Waals surface area contributed by atoms with Gasteiger partial charge in [0.2, 0.25) is 0 Å². The highest BCUT2D eigenvalue weighted by atomic mass is 32.2. The van der Waals surface area contributed by atoms with Crippen molar-refractivity contribution in [3.05, 3.63) is 72.6 Å². The number of ether oxygens (including phenoxy) is 1. The third kappa shape index (κ3) is 2.82. The van der Waals surface area contributed by atoms with Gasteiger partial charge in [0.05, 0.1) is 17.7 Å². The van der Waals surface area contributed by atoms with Crippen LogP contribution < -0.4 is 9.04 Å². The first-order chi connectivity index (χ1) is 12.6. The van der Waals surface area contributed by atoms with E-state index in [9.17, 15) is 8.42 Å². The number of hydrogen-bond acceptors (Lipinski definition) is 4. The van der Waals surface area contributed by atoms with Gasteiger partial charge in [0.15, 0.2) is 0 Å². The number of aromatic nitrogens is 1. The van der Waals surface area contributed by atoms with Gasteiger partial charge in [0.1, 0.15) is 5.75 Å². The zero-order valence-corrected chi connectivity index (χ0v) is 15.1. The minimum absolute atomic E-state index is 0.239. The van der Waals surface area contributed by atoms with Crippen LogP contribution in [0.15, 0.2) is 71.9 Å². The van der Waals surface area contributed by atoms with Crippen LogP contribution in [0.4, 0.5) is 5.69 Å². The normalized spacial score (nSPS) is 13.5. The zero-order chi connectivity index (χ0) is 18.1. The van der Waals surface area contributed by atoms with Gasteiger partial charge in [-0.15, -0.1) is 0 Å². The lowest BCUT2D eigenvalue weighted by molar-refractivity contribution is 0.413. The summed E-state index contributed by atoms with van der Waals surface area (Å²) >= 11 is 0. The summed E-state index contributed by atoms with van der Waals surface area (Å²) in [6.45, 7) is 0.439. The SMILES string of the molecule is COc1cccc(S(=O)(=O)N2CCc3cc(-c4ccncc4)ccc32)c1. The summed E-state index contributed by atoms with van der Waals surface area (Å²) in [6, 6.07) is 16.4. The quantitative estimate of drug-likeness (QED) is 0.709. The van der Waals surface area contributed by atoms with Crippen molar-refractivity contribution in [2.45, 2.75) is 11.3 Å². The summed E-state index contributed by atoms with van der Waals surface area (Å²) in [7, 11) is -2.09. The van der Waals surface area contributed by atoms with Crippen molar-refractivity contribution in [2.24, 2.45) is 0 Å². The van der Waals surface area contributed by atoms with Crippen molar-refractivity contribution in [3.8, 4) is 16.9 Å². The van der Waals surface area contributed by atoms with Crippen molar-refractivity contribution in [3.63, 3.8) is 0 Å². The molecule has 2 aromatic carbocycles. The van der Waals surface area contributed by atoms with E-state index in [2.05, 4.69) is 11.1 Å². The molecule has 1 aromatic heterocycles. The largest absolute Gasteiger partial charge is 0.497 e. The Bertz CT molecular complexity index is 1050. The summed E-state index contributed by atoms with van der Waals surface area (Å²) in [6.07, 6.45) is 4.20. The maximum atomic E-state index is 13.1. The predicted octanol–water partition coefficient (Wildman–Crippen LogP) is 3.51. The highest BCUT2D eigenvalue weighted by Gasteiger charge is 2.31. The molecule has 0 amide bonds. The lowest BCUT2D eigenvalue weighted by Crippen LogP contribution is -2.29. The average molecular weight is 366 g/mol. The van der Waals surface area contributed by atoms with E-state index in [0.717, 1.165) is 22.4 Å². The van der Waals surface area contributed by atoms with Crippen LogP contribution in [0.3, 0.4) is 0 Å². The third-order valence-corrected chi connectivity index (χ3v) is 6.38. The summed E-state index contributed by atoms with van der Waals surface area (Å²) in [4.78, 5) is 4.28. The van der Waals surface area contributed by atoms with Gasteiger partial charge >= 0.3 is 0 Å². The Labute approximate surface area is 152 Å². The van der Waals surface area contributed by atoms with Gasteiger partial charge in [0.25, 0.3) is 10.0 Å². The number of fused-ring (bicyclic) bond motifs is 1. The zero-order valence-electron chi connectivity index (χ0n) is 14.3. The van der Waals surface area contributed by atoms with Crippen molar-refractivity contribution < 1.29 is 13.2 Å². The molecule has 26 heavy (non-hydrogen) atoms. The third-order valence-electron chi connectivity index (χ3n) is 4.58. The van der Waals surface area contributed by atoms with E-state index in [0.29, 0.717) is 18.7 Å². The fourth-order valence-electron chi connectivity index (χ4n) is 3.23. The number of sulfonamides is 1. The number of pyridine rings is 1. The van der Waals surface area contributed by atoms with Gasteiger partial charge in [-0.25, -0.2) is 8.42 Å². The molecule has 0 bridgehead atoms. The van der Waals surface area contributed by atoms with Crippen molar-refractivity contribution >= 4 is 15.7 Å². The second-order valence-corrected chi connectivity index (χ2v) is 7.95. The molecule has 0 N–H and O–H groups in total. The molecule has 0 saturated heterocycles. The van der Waals surface area contributed by atoms with Gasteiger partial charge in [0, 0.05) is 25.0 Å². The van der Waals surface area contributed by atoms with Crippen LogP contribution in [0, 0.1) is 0 Å². The lowest BCUT2D eigenvalue weighted by Gasteiger charge is -2.20. The van der Waals surface area contributed by atoms with Crippen molar-refractivity contribution in [1.29, 1.82) is 0 Å². The highest BCUT2D eigenvalue weighted by molar-refractivity contribution is 7.92. The molecule has 5 nitrogen and oxygen atoms in total. The Morgan fingerprint density at radius 3 is 2.58 bits per heavy atom. The van der Waals surface area contributed by atoms with Gasteiger partial charge in [-0.2, -0.15) is 0 Å². The molecular weight excluding hydrogens is 348 g/mol. The second-order valence-electron chi connectivity index (χ2n) is 6.09. The molecule has 132 valence electrons. The molecule has 0 aliphatic carbocycles. The molecule has 0 unspecified atom stereocenters. The average Bonchev–Trinajstić information content (AvgIpc) is 3.12. The Morgan fingerprint density at radius 2 is 1.81 bits per heavy atom. The smallest absolute Gasteiger partial charge is 0.264 e. The summed E-state index contributed by atoms with van der Waals surface area (Å²) < 4.78 is 32.8. The number of nitrogens with zero attached hydrogens (tertiary/aromatic N) is 2. The first-order valence-electron chi connectivity index (χ1n) is 8.30. The minimum atomic E-state index is -3.62. The molecule has 0 fully saturated rings. The number of rotatable bonds is 4. The van der Waals surface area contributed by atoms with Crippen molar-refractivity contribution in [1.82, 2.24) is 4.98 Å². The Kier molecular flexibility index (Phi) is 4.12. The number of anilines is 1. The topological polar surface area (TPSA) is 59.5 Å². The molecule has 6 heteroatoms. The molecule has 0 saturated carbocycles. The van der Waals surface area contributed by atoms with E-state index >= 15 is 0 Å². The molecule has 1 aliphatic rings. The van der Waals surface area contributed by atoms with Crippen LogP contribution in [0.2, 0.25) is 0 Å². The Balaban J connectivity index is 1.71. The van der Waals surface area contributed by atoms with Crippen LogP contribution in [0.5, 0.6) is 5.75 Å². The van der Waals surface area contributed by atoms with Crippen LogP contribution >= 0.6 is 0 Å². The van der Waals surface area contributed by atoms with Crippen LogP contribution in [0.25, 0.3) is 11.1 Å². The monoisotopic (exact) mass is 366 g/mol. The van der Waals surface area contributed by atoms with E-state index in [4.69, 9.17) is 4.74 Å². The van der Waals surface area contributed by atoms with Gasteiger partial charge in [-0.05, 0) is 59.5 Å². The molecule has 3 aromatic rings. The summed E-state index contributed by atoms with van der Waals surface area (Å²) in [5.74, 6) is 0.526. The van der Waals surface area contributed by atoms with E-state index in [-0.39, 0.29) is 4.90 Å². The molecule has 0 spiro atoms. The summed E-state index contributed by atoms with van der Waals surface area (Å²) in [5, 5.41) is 0. The van der Waals surface area contributed by atoms with Gasteiger partial charge in [-0.3, -0.25) is 9.29 Å². The molecule has 1 aliphatic heterocycles. The van der Waals surface area contributed by atoms with E-state index < -0.39 is 10.0 Å². The maximum Gasteiger partial charge on any atom is 0.264 e. The minimum Gasteiger partial charge on any atom is -0.497 e. The lowest BCUT2D eigenvalue weighted by atomic mass is 10.0. The highest BCUT2D eigenvalue weighted by Crippen LogP contribution is 2.36. The Morgan fingerprint density at radius 1 is 1.00 bits per heavy atom. The second kappa shape index (κ2) is 6.46. The van der Waals surface area contributed by atoms with E-state index in [1.54, 1.807) is 36.7 Å². The Hall–Kier alpha value is -2.86. The van der Waals surface area contributed by atoms with Crippen LogP contribution in [-0.4, -0.2) is 27.1 Å². The van der Waals surface area contributed by atoms with Crippen LogP contribution in [-0.2, 0) is 16.4 Å². The first kappa shape index (κ1) is 16.6. The first-order valence-corrected chi connectivity index (χ1v) is 9.74. The maximum absolute atomic E-state index is 13.1. The number of hydrogen-bond donors (Lipinski definition) is 0. The number of methoxy groups -OCH3 is 1.